The molecule has 0 fully saturated rings. The van der Waals surface area contributed by atoms with E-state index in [2.05, 4.69) is 28.3 Å². The van der Waals surface area contributed by atoms with E-state index in [1.807, 2.05) is 26.0 Å². The molecule has 1 aromatic rings. The second-order valence-electron chi connectivity index (χ2n) is 5.57. The zero-order chi connectivity index (χ0) is 17.7. The maximum atomic E-state index is 11.4. The first kappa shape index (κ1) is 19.1. The molecule has 0 aromatic carbocycles. The number of sulfonamides is 1. The van der Waals surface area contributed by atoms with Crippen molar-refractivity contribution in [1.29, 1.82) is 0 Å². The summed E-state index contributed by atoms with van der Waals surface area (Å²) in [5, 5.41) is 6.42. The van der Waals surface area contributed by atoms with E-state index in [9.17, 15) is 8.42 Å². The van der Waals surface area contributed by atoms with E-state index in [-0.39, 0.29) is 0 Å². The van der Waals surface area contributed by atoms with Gasteiger partial charge in [-0.15, -0.1) is 4.83 Å². The molecule has 0 radical (unpaired) electrons. The van der Waals surface area contributed by atoms with Gasteiger partial charge >= 0.3 is 0 Å². The van der Waals surface area contributed by atoms with Gasteiger partial charge in [0.2, 0.25) is 10.0 Å². The molecule has 0 saturated heterocycles. The number of allylic oxidation sites excluding steroid dienone is 2. The molecule has 23 heavy (non-hydrogen) atoms. The zero-order valence-electron chi connectivity index (χ0n) is 14.0. The Morgan fingerprint density at radius 3 is 2.39 bits per heavy atom. The van der Waals surface area contributed by atoms with Crippen LogP contribution in [0.15, 0.2) is 37.6 Å². The van der Waals surface area contributed by atoms with Crippen LogP contribution in [0.1, 0.15) is 13.8 Å². The smallest absolute Gasteiger partial charge is 0.221 e. The van der Waals surface area contributed by atoms with Crippen LogP contribution in [0.5, 0.6) is 0 Å². The molecule has 0 spiro atoms. The van der Waals surface area contributed by atoms with Crippen LogP contribution in [-0.2, 0) is 10.0 Å². The molecule has 126 valence electrons. The van der Waals surface area contributed by atoms with Crippen LogP contribution in [-0.4, -0.2) is 37.4 Å². The van der Waals surface area contributed by atoms with Gasteiger partial charge in [0.25, 0.3) is 0 Å². The zero-order valence-corrected chi connectivity index (χ0v) is 14.8. The molecule has 1 rings (SSSR count). The van der Waals surface area contributed by atoms with Crippen molar-refractivity contribution in [2.75, 3.05) is 18.6 Å². The van der Waals surface area contributed by atoms with Gasteiger partial charge in [-0.1, -0.05) is 31.4 Å². The Kier molecular flexibility index (Phi) is 6.26. The Morgan fingerprint density at radius 1 is 1.26 bits per heavy atom. The number of nitrogens with one attached hydrogen (secondary N) is 2. The van der Waals surface area contributed by atoms with Gasteiger partial charge in [0.15, 0.2) is 0 Å². The van der Waals surface area contributed by atoms with Crippen molar-refractivity contribution in [3.05, 3.63) is 48.1 Å². The van der Waals surface area contributed by atoms with Crippen molar-refractivity contribution in [3.8, 4) is 0 Å². The van der Waals surface area contributed by atoms with E-state index in [0.717, 1.165) is 22.5 Å². The second kappa shape index (κ2) is 7.54. The molecule has 0 unspecified atom stereocenters. The van der Waals surface area contributed by atoms with Gasteiger partial charge in [0.05, 0.1) is 17.3 Å². The average molecular weight is 336 g/mol. The summed E-state index contributed by atoms with van der Waals surface area (Å²) in [5.74, 6) is 0. The number of rotatable bonds is 7. The van der Waals surface area contributed by atoms with Crippen molar-refractivity contribution in [3.63, 3.8) is 0 Å². The Labute approximate surface area is 137 Å². The predicted octanol–water partition coefficient (Wildman–Crippen LogP) is 0.559. The molecule has 0 bridgehead atoms. The van der Waals surface area contributed by atoms with Crippen LogP contribution < -0.4 is 20.7 Å². The van der Waals surface area contributed by atoms with Crippen molar-refractivity contribution < 1.29 is 8.42 Å². The van der Waals surface area contributed by atoms with Crippen LogP contribution in [0.3, 0.4) is 0 Å². The van der Waals surface area contributed by atoms with Crippen LogP contribution in [0.2, 0.25) is 0 Å². The summed E-state index contributed by atoms with van der Waals surface area (Å²) in [6, 6.07) is 1.83. The molecular weight excluding hydrogens is 312 g/mol. The molecule has 1 heterocycles. The number of hydrazine groups is 1. The third-order valence-electron chi connectivity index (χ3n) is 3.16. The topological polar surface area (TPSA) is 74.3 Å². The van der Waals surface area contributed by atoms with Crippen LogP contribution >= 0.6 is 0 Å². The molecule has 0 aliphatic rings. The summed E-state index contributed by atoms with van der Waals surface area (Å²) in [7, 11) is -1.70. The fraction of sp³-hybridized carbons (Fsp3) is 0.312. The molecule has 0 amide bonds. The van der Waals surface area contributed by atoms with Gasteiger partial charge < -0.3 is 5.32 Å². The lowest BCUT2D eigenvalue weighted by atomic mass is 10.2. The standard InChI is InChI=1S/C16H24N4O2S/c1-7-9-13-14(10-8-2)17-12-11-15(13)18-16(3,4)20(5)19-23(6,21)22/h7-12,18-19H,1-2H2,3-6H3/b13-9+,14-10+. The first-order valence-corrected chi connectivity index (χ1v) is 8.90. The summed E-state index contributed by atoms with van der Waals surface area (Å²) in [6.45, 7) is 11.1. The first-order valence-electron chi connectivity index (χ1n) is 7.00. The normalized spacial score (nSPS) is 14.1. The summed E-state index contributed by atoms with van der Waals surface area (Å²) in [6.07, 6.45) is 9.76. The van der Waals surface area contributed by atoms with Gasteiger partial charge in [0.1, 0.15) is 0 Å². The Hall–Kier alpha value is -1.96. The third-order valence-corrected chi connectivity index (χ3v) is 3.77. The van der Waals surface area contributed by atoms with E-state index in [1.54, 1.807) is 31.5 Å². The summed E-state index contributed by atoms with van der Waals surface area (Å²) in [5.41, 5.74) is 0.125. The Bertz CT molecular complexity index is 798. The molecule has 0 saturated carbocycles. The SMILES string of the molecule is C=C/C=c1/c(NC(C)(C)N(C)NS(C)(=O)=O)ccn/c1=C/C=C. The molecule has 0 aliphatic heterocycles. The van der Waals surface area contributed by atoms with E-state index in [1.165, 1.54) is 5.01 Å². The van der Waals surface area contributed by atoms with Crippen LogP contribution in [0.4, 0.5) is 5.69 Å². The molecule has 0 atom stereocenters. The maximum Gasteiger partial charge on any atom is 0.221 e. The van der Waals surface area contributed by atoms with E-state index >= 15 is 0 Å². The number of hydrogen-bond acceptors (Lipinski definition) is 5. The largest absolute Gasteiger partial charge is 0.366 e. The van der Waals surface area contributed by atoms with E-state index in [4.69, 9.17) is 0 Å². The molecule has 0 aliphatic carbocycles. The minimum absolute atomic E-state index is 0.681. The van der Waals surface area contributed by atoms with Crippen LogP contribution in [0, 0.1) is 0 Å². The number of nitrogens with zero attached hydrogens (tertiary/aromatic N) is 2. The minimum Gasteiger partial charge on any atom is -0.366 e. The first-order chi connectivity index (χ1) is 10.6. The lowest BCUT2D eigenvalue weighted by Gasteiger charge is -2.36. The second-order valence-corrected chi connectivity index (χ2v) is 7.30. The summed E-state index contributed by atoms with van der Waals surface area (Å²) < 4.78 is 22.8. The highest BCUT2D eigenvalue weighted by Gasteiger charge is 2.25. The Balaban J connectivity index is 3.30. The van der Waals surface area contributed by atoms with Crippen molar-refractivity contribution in [2.24, 2.45) is 0 Å². The molecule has 1 aromatic heterocycles. The van der Waals surface area contributed by atoms with Gasteiger partial charge in [-0.2, -0.15) is 0 Å². The number of pyridine rings is 1. The highest BCUT2D eigenvalue weighted by Crippen LogP contribution is 2.13. The highest BCUT2D eigenvalue weighted by atomic mass is 32.2. The van der Waals surface area contributed by atoms with Gasteiger partial charge in [-0.3, -0.25) is 4.98 Å². The molecule has 6 nitrogen and oxygen atoms in total. The predicted molar refractivity (Wildman–Crippen MR) is 96.3 cm³/mol. The minimum atomic E-state index is -3.36. The molecule has 2 N–H and O–H groups in total. The van der Waals surface area contributed by atoms with Crippen molar-refractivity contribution >= 4 is 27.9 Å². The highest BCUT2D eigenvalue weighted by molar-refractivity contribution is 7.88. The quantitative estimate of drug-likeness (QED) is 0.562. The molecular formula is C16H24N4O2S. The van der Waals surface area contributed by atoms with Gasteiger partial charge in [0, 0.05) is 24.2 Å². The van der Waals surface area contributed by atoms with E-state index < -0.39 is 15.7 Å². The van der Waals surface area contributed by atoms with Crippen molar-refractivity contribution in [2.45, 2.75) is 19.5 Å². The van der Waals surface area contributed by atoms with Crippen molar-refractivity contribution in [1.82, 2.24) is 14.8 Å². The fourth-order valence-electron chi connectivity index (χ4n) is 1.91. The lowest BCUT2D eigenvalue weighted by molar-refractivity contribution is 0.157. The summed E-state index contributed by atoms with van der Waals surface area (Å²) >= 11 is 0. The number of hydrogen-bond donors (Lipinski definition) is 2. The summed E-state index contributed by atoms with van der Waals surface area (Å²) in [4.78, 5) is 6.75. The number of anilines is 1. The monoisotopic (exact) mass is 336 g/mol. The van der Waals surface area contributed by atoms with Crippen LogP contribution in [0.25, 0.3) is 12.2 Å². The Morgan fingerprint density at radius 2 is 1.87 bits per heavy atom. The fourth-order valence-corrected chi connectivity index (χ4v) is 2.64. The van der Waals surface area contributed by atoms with E-state index in [0.29, 0.717) is 0 Å². The third kappa shape index (κ3) is 5.63. The molecule has 7 heteroatoms. The van der Waals surface area contributed by atoms with Gasteiger partial charge in [-0.25, -0.2) is 13.4 Å². The lowest BCUT2D eigenvalue weighted by Crippen LogP contribution is -2.56. The maximum absolute atomic E-state index is 11.4. The number of aromatic nitrogens is 1. The average Bonchev–Trinajstić information content (AvgIpc) is 2.40. The van der Waals surface area contributed by atoms with Gasteiger partial charge in [-0.05, 0) is 26.0 Å².